The number of hydrogen-bond acceptors (Lipinski definition) is 1. The first-order valence-corrected chi connectivity index (χ1v) is 5.83. The fourth-order valence-electron chi connectivity index (χ4n) is 0.737. The average molecular weight is 187 g/mol. The molecule has 1 unspecified atom stereocenters. The second-order valence-electron chi connectivity index (χ2n) is 2.10. The Morgan fingerprint density at radius 2 is 1.91 bits per heavy atom. The summed E-state index contributed by atoms with van der Waals surface area (Å²) < 4.78 is 11.4. The first kappa shape index (κ1) is 8.58. The van der Waals surface area contributed by atoms with Gasteiger partial charge in [-0.25, -0.2) is 0 Å². The van der Waals surface area contributed by atoms with Gasteiger partial charge >= 0.3 is 0 Å². The summed E-state index contributed by atoms with van der Waals surface area (Å²) in [6, 6.07) is 8.91. The van der Waals surface area contributed by atoms with Gasteiger partial charge in [-0.3, -0.25) is 4.57 Å². The molecule has 0 fully saturated rings. The third-order valence-electron chi connectivity index (χ3n) is 1.34. The average Bonchev–Trinajstić information content (AvgIpc) is 2.06. The molecule has 3 heteroatoms. The molecule has 1 rings (SSSR count). The topological polar surface area (TPSA) is 17.1 Å². The molecule has 1 aromatic carbocycles. The molecule has 0 bridgehead atoms. The molecule has 1 aromatic rings. The molecule has 0 aliphatic heterocycles. The Kier molecular flexibility index (Phi) is 2.53. The van der Waals surface area contributed by atoms with Gasteiger partial charge in [-0.15, -0.1) is 0 Å². The van der Waals surface area contributed by atoms with Crippen molar-refractivity contribution in [3.8, 4) is 0 Å². The molecule has 0 spiro atoms. The van der Waals surface area contributed by atoms with E-state index in [1.54, 1.807) is 24.3 Å². The fraction of sp³-hybridized carbons (Fsp3) is 0. The molecule has 0 saturated carbocycles. The zero-order valence-corrected chi connectivity index (χ0v) is 7.55. The van der Waals surface area contributed by atoms with E-state index in [1.165, 1.54) is 5.82 Å². The molecule has 0 aliphatic rings. The Bertz CT molecular complexity index is 294. The minimum absolute atomic E-state index is 0.636. The molecule has 1 atom stereocenters. The third kappa shape index (κ3) is 1.95. The SMILES string of the molecule is C=CP(=O)(Cl)c1ccccc1. The zero-order chi connectivity index (χ0) is 8.32. The van der Waals surface area contributed by atoms with E-state index in [9.17, 15) is 4.57 Å². The van der Waals surface area contributed by atoms with Gasteiger partial charge in [0.1, 0.15) is 0 Å². The van der Waals surface area contributed by atoms with Crippen LogP contribution in [0.15, 0.2) is 42.7 Å². The second kappa shape index (κ2) is 3.25. The van der Waals surface area contributed by atoms with Gasteiger partial charge in [0.25, 0.3) is 0 Å². The van der Waals surface area contributed by atoms with Crippen LogP contribution in [0.4, 0.5) is 0 Å². The van der Waals surface area contributed by atoms with Gasteiger partial charge in [-0.05, 0) is 17.1 Å². The quantitative estimate of drug-likeness (QED) is 0.649. The van der Waals surface area contributed by atoms with Crippen molar-refractivity contribution in [1.29, 1.82) is 0 Å². The van der Waals surface area contributed by atoms with E-state index in [1.807, 2.05) is 6.07 Å². The van der Waals surface area contributed by atoms with E-state index in [2.05, 4.69) is 6.58 Å². The van der Waals surface area contributed by atoms with Gasteiger partial charge in [0.2, 0.25) is 6.49 Å². The lowest BCUT2D eigenvalue weighted by atomic mass is 10.4. The number of hydrogen-bond donors (Lipinski definition) is 0. The first-order valence-electron chi connectivity index (χ1n) is 3.15. The molecule has 0 aromatic heterocycles. The smallest absolute Gasteiger partial charge is 0.218 e. The van der Waals surface area contributed by atoms with Gasteiger partial charge < -0.3 is 0 Å². The van der Waals surface area contributed by atoms with Crippen molar-refractivity contribution in [3.05, 3.63) is 42.7 Å². The van der Waals surface area contributed by atoms with Crippen molar-refractivity contribution in [2.45, 2.75) is 0 Å². The molecule has 58 valence electrons. The summed E-state index contributed by atoms with van der Waals surface area (Å²) in [6.07, 6.45) is 0. The van der Waals surface area contributed by atoms with Crippen molar-refractivity contribution in [3.63, 3.8) is 0 Å². The van der Waals surface area contributed by atoms with E-state index < -0.39 is 6.49 Å². The highest BCUT2D eigenvalue weighted by Gasteiger charge is 2.14. The predicted molar refractivity (Wildman–Crippen MR) is 49.7 cm³/mol. The van der Waals surface area contributed by atoms with Gasteiger partial charge in [0.05, 0.1) is 0 Å². The minimum atomic E-state index is -2.79. The van der Waals surface area contributed by atoms with Crippen LogP contribution < -0.4 is 5.30 Å². The van der Waals surface area contributed by atoms with E-state index >= 15 is 0 Å². The highest BCUT2D eigenvalue weighted by Crippen LogP contribution is 2.50. The molecule has 0 saturated heterocycles. The first-order chi connectivity index (χ1) is 5.17. The second-order valence-corrected chi connectivity index (χ2v) is 5.64. The van der Waals surface area contributed by atoms with E-state index in [-0.39, 0.29) is 0 Å². The van der Waals surface area contributed by atoms with Crippen molar-refractivity contribution < 1.29 is 4.57 Å². The van der Waals surface area contributed by atoms with E-state index in [4.69, 9.17) is 11.2 Å². The normalized spacial score (nSPS) is 15.4. The lowest BCUT2D eigenvalue weighted by molar-refractivity contribution is 0.595. The fourth-order valence-corrected chi connectivity index (χ4v) is 1.86. The lowest BCUT2D eigenvalue weighted by Gasteiger charge is -2.02. The summed E-state index contributed by atoms with van der Waals surface area (Å²) in [7, 11) is 0. The maximum Gasteiger partial charge on any atom is 0.218 e. The summed E-state index contributed by atoms with van der Waals surface area (Å²) in [4.78, 5) is 0. The maximum atomic E-state index is 11.4. The van der Waals surface area contributed by atoms with Crippen molar-refractivity contribution in [2.75, 3.05) is 0 Å². The van der Waals surface area contributed by atoms with E-state index in [0.717, 1.165) is 0 Å². The van der Waals surface area contributed by atoms with Crippen LogP contribution in [0.2, 0.25) is 0 Å². The highest BCUT2D eigenvalue weighted by molar-refractivity contribution is 7.97. The van der Waals surface area contributed by atoms with Gasteiger partial charge in [0, 0.05) is 5.30 Å². The summed E-state index contributed by atoms with van der Waals surface area (Å²) in [6.45, 7) is 0.624. The van der Waals surface area contributed by atoms with Crippen LogP contribution in [0, 0.1) is 0 Å². The van der Waals surface area contributed by atoms with Crippen LogP contribution in [0.3, 0.4) is 0 Å². The third-order valence-corrected chi connectivity index (χ3v) is 3.81. The highest BCUT2D eigenvalue weighted by atomic mass is 35.7. The zero-order valence-electron chi connectivity index (χ0n) is 5.90. The Morgan fingerprint density at radius 3 is 2.36 bits per heavy atom. The Morgan fingerprint density at radius 1 is 1.36 bits per heavy atom. The maximum absolute atomic E-state index is 11.4. The van der Waals surface area contributed by atoms with E-state index in [0.29, 0.717) is 5.30 Å². The summed E-state index contributed by atoms with van der Waals surface area (Å²) in [5.41, 5.74) is 0. The van der Waals surface area contributed by atoms with Crippen LogP contribution in [-0.2, 0) is 4.57 Å². The van der Waals surface area contributed by atoms with Gasteiger partial charge in [-0.2, -0.15) is 0 Å². The molecule has 0 amide bonds. The molecule has 0 radical (unpaired) electrons. The monoisotopic (exact) mass is 186 g/mol. The van der Waals surface area contributed by atoms with Gasteiger partial charge in [0.15, 0.2) is 0 Å². The van der Waals surface area contributed by atoms with Crippen LogP contribution >= 0.6 is 17.7 Å². The molecule has 0 N–H and O–H groups in total. The summed E-state index contributed by atoms with van der Waals surface area (Å²) in [5, 5.41) is 0.636. The number of rotatable bonds is 2. The standard InChI is InChI=1S/C8H8ClOP/c1-2-11(9,10)8-6-4-3-5-7-8/h2-7H,1H2. The molecule has 0 aliphatic carbocycles. The van der Waals surface area contributed by atoms with Crippen molar-refractivity contribution in [1.82, 2.24) is 0 Å². The number of benzene rings is 1. The van der Waals surface area contributed by atoms with Crippen LogP contribution in [0.1, 0.15) is 0 Å². The van der Waals surface area contributed by atoms with Crippen molar-refractivity contribution >= 4 is 23.0 Å². The van der Waals surface area contributed by atoms with Crippen LogP contribution in [0.25, 0.3) is 0 Å². The van der Waals surface area contributed by atoms with Crippen molar-refractivity contribution in [2.24, 2.45) is 0 Å². The predicted octanol–water partition coefficient (Wildman–Crippen LogP) is 2.97. The Labute approximate surface area is 70.9 Å². The molecule has 11 heavy (non-hydrogen) atoms. The Balaban J connectivity index is 3.13. The largest absolute Gasteiger partial charge is 0.297 e. The molecular formula is C8H8ClOP. The molecule has 0 heterocycles. The van der Waals surface area contributed by atoms with Crippen LogP contribution in [-0.4, -0.2) is 0 Å². The minimum Gasteiger partial charge on any atom is -0.297 e. The van der Waals surface area contributed by atoms with Gasteiger partial charge in [-0.1, -0.05) is 36.9 Å². The number of halogens is 1. The van der Waals surface area contributed by atoms with Crippen LogP contribution in [0.5, 0.6) is 0 Å². The summed E-state index contributed by atoms with van der Waals surface area (Å²) in [5.74, 6) is 1.30. The Hall–Kier alpha value is -0.520. The molecule has 1 nitrogen and oxygen atoms in total. The molecular weight excluding hydrogens is 179 g/mol. The lowest BCUT2D eigenvalue weighted by Crippen LogP contribution is -1.96. The summed E-state index contributed by atoms with van der Waals surface area (Å²) >= 11 is 5.68.